The fraction of sp³-hybridized carbons (Fsp3) is 0. The van der Waals surface area contributed by atoms with Crippen molar-refractivity contribution in [1.82, 2.24) is 0 Å². The van der Waals surface area contributed by atoms with Crippen molar-refractivity contribution < 1.29 is 0 Å². The van der Waals surface area contributed by atoms with Gasteiger partial charge in [-0.25, -0.2) is 0 Å². The van der Waals surface area contributed by atoms with E-state index in [-0.39, 0.29) is 0 Å². The summed E-state index contributed by atoms with van der Waals surface area (Å²) in [5.74, 6) is 0. The molecule has 0 fully saturated rings. The van der Waals surface area contributed by atoms with Crippen LogP contribution in [-0.2, 0) is 0 Å². The molecule has 0 aromatic heterocycles. The number of hydrogen-bond donors (Lipinski definition) is 0. The topological polar surface area (TPSA) is 34.1 Å². The molecule has 0 bridgehead atoms. The minimum absolute atomic E-state index is 0.418. The third-order valence-corrected chi connectivity index (χ3v) is 2.59. The average molecular weight is 182 g/mol. The normalized spacial score (nSPS) is 11.4. The summed E-state index contributed by atoms with van der Waals surface area (Å²) in [5, 5.41) is 2.14. The van der Waals surface area contributed by atoms with Gasteiger partial charge in [-0.1, -0.05) is 24.3 Å². The van der Waals surface area contributed by atoms with Crippen LogP contribution in [0.15, 0.2) is 46.0 Å². The van der Waals surface area contributed by atoms with Crippen LogP contribution in [0, 0.1) is 0 Å². The molecule has 2 nitrogen and oxygen atoms in total. The molecule has 0 heterocycles. The first kappa shape index (κ1) is 7.44. The largest absolute Gasteiger partial charge is 0.286 e. The molecule has 1 aromatic rings. The molecule has 2 aliphatic rings. The Hall–Kier alpha value is -1.96. The van der Waals surface area contributed by atoms with Crippen LogP contribution >= 0.6 is 0 Å². The zero-order chi connectivity index (χ0) is 9.71. The van der Waals surface area contributed by atoms with Crippen LogP contribution in [0.3, 0.4) is 0 Å². The van der Waals surface area contributed by atoms with Gasteiger partial charge in [0, 0.05) is 0 Å². The maximum atomic E-state index is 11.1. The van der Waals surface area contributed by atoms with Crippen molar-refractivity contribution in [2.75, 3.05) is 0 Å². The van der Waals surface area contributed by atoms with E-state index >= 15 is 0 Å². The molecule has 0 spiro atoms. The summed E-state index contributed by atoms with van der Waals surface area (Å²) >= 11 is 0. The fourth-order valence-electron chi connectivity index (χ4n) is 1.90. The summed E-state index contributed by atoms with van der Waals surface area (Å²) in [4.78, 5) is 22.2. The summed E-state index contributed by atoms with van der Waals surface area (Å²) in [6.45, 7) is 0. The molecule has 66 valence electrons. The molecule has 0 saturated heterocycles. The summed E-state index contributed by atoms with van der Waals surface area (Å²) < 4.78 is 0. The van der Waals surface area contributed by atoms with E-state index in [0.29, 0.717) is 0 Å². The van der Waals surface area contributed by atoms with E-state index in [9.17, 15) is 9.59 Å². The van der Waals surface area contributed by atoms with Crippen LogP contribution in [0.4, 0.5) is 0 Å². The van der Waals surface area contributed by atoms with E-state index in [1.165, 1.54) is 12.1 Å². The van der Waals surface area contributed by atoms with Gasteiger partial charge in [0.2, 0.25) is 10.9 Å². The van der Waals surface area contributed by atoms with Crippen LogP contribution < -0.4 is 10.9 Å². The maximum Gasteiger partial charge on any atom is 0.226 e. The number of benzene rings is 2. The minimum Gasteiger partial charge on any atom is -0.286 e. The van der Waals surface area contributed by atoms with E-state index in [1.807, 2.05) is 24.3 Å². The van der Waals surface area contributed by atoms with E-state index in [0.717, 1.165) is 21.9 Å². The predicted octanol–water partition coefficient (Wildman–Crippen LogP) is 1.54. The lowest BCUT2D eigenvalue weighted by Crippen LogP contribution is -2.23. The Morgan fingerprint density at radius 1 is 0.714 bits per heavy atom. The van der Waals surface area contributed by atoms with Gasteiger partial charge < -0.3 is 0 Å². The van der Waals surface area contributed by atoms with Crippen molar-refractivity contribution in [2.24, 2.45) is 0 Å². The second-order valence-corrected chi connectivity index (χ2v) is 3.39. The van der Waals surface area contributed by atoms with E-state index in [2.05, 4.69) is 0 Å². The third-order valence-electron chi connectivity index (χ3n) is 2.59. The van der Waals surface area contributed by atoms with E-state index < -0.39 is 10.9 Å². The zero-order valence-corrected chi connectivity index (χ0v) is 7.28. The molecule has 2 aliphatic carbocycles. The summed E-state index contributed by atoms with van der Waals surface area (Å²) in [5.41, 5.74) is 0.979. The Morgan fingerprint density at radius 2 is 1.14 bits per heavy atom. The monoisotopic (exact) mass is 182 g/mol. The Labute approximate surface area is 79.5 Å². The Morgan fingerprint density at radius 3 is 1.57 bits per heavy atom. The van der Waals surface area contributed by atoms with Gasteiger partial charge >= 0.3 is 0 Å². The molecule has 3 rings (SSSR count). The molecule has 0 aliphatic heterocycles. The van der Waals surface area contributed by atoms with Gasteiger partial charge in [0.1, 0.15) is 0 Å². The highest BCUT2D eigenvalue weighted by Gasteiger charge is 2.16. The van der Waals surface area contributed by atoms with Gasteiger partial charge in [0.25, 0.3) is 0 Å². The minimum atomic E-state index is -0.418. The molecule has 1 aromatic carbocycles. The van der Waals surface area contributed by atoms with Crippen LogP contribution in [-0.4, -0.2) is 0 Å². The average Bonchev–Trinajstić information content (AvgIpc) is 2.21. The molecule has 14 heavy (non-hydrogen) atoms. The standard InChI is InChI=1S/C12H6O2/c13-11-5-9-7-3-1-2-4-8(7)10(9)6-12(11)14/h1-6H. The predicted molar refractivity (Wildman–Crippen MR) is 55.5 cm³/mol. The van der Waals surface area contributed by atoms with Gasteiger partial charge in [-0.2, -0.15) is 0 Å². The summed E-state index contributed by atoms with van der Waals surface area (Å²) in [6, 6.07) is 10.6. The number of fused-ring (bicyclic) bond motifs is 4. The summed E-state index contributed by atoms with van der Waals surface area (Å²) in [7, 11) is 0. The van der Waals surface area contributed by atoms with Crippen LogP contribution in [0.25, 0.3) is 21.9 Å². The first-order chi connectivity index (χ1) is 6.77. The van der Waals surface area contributed by atoms with Gasteiger partial charge in [-0.15, -0.1) is 0 Å². The van der Waals surface area contributed by atoms with Crippen LogP contribution in [0.5, 0.6) is 0 Å². The molecular weight excluding hydrogens is 176 g/mol. The molecule has 2 heteroatoms. The van der Waals surface area contributed by atoms with Crippen LogP contribution in [0.1, 0.15) is 0 Å². The fourth-order valence-corrected chi connectivity index (χ4v) is 1.90. The molecule has 0 N–H and O–H groups in total. The van der Waals surface area contributed by atoms with Crippen molar-refractivity contribution in [2.45, 2.75) is 0 Å². The van der Waals surface area contributed by atoms with E-state index in [1.54, 1.807) is 0 Å². The lowest BCUT2D eigenvalue weighted by Gasteiger charge is -2.15. The summed E-state index contributed by atoms with van der Waals surface area (Å²) in [6.07, 6.45) is 0. The lowest BCUT2D eigenvalue weighted by atomic mass is 9.87. The Balaban J connectivity index is 2.60. The number of hydrogen-bond acceptors (Lipinski definition) is 2. The molecule has 0 radical (unpaired) electrons. The maximum absolute atomic E-state index is 11.1. The van der Waals surface area contributed by atoms with Gasteiger partial charge in [-0.05, 0) is 34.0 Å². The first-order valence-corrected chi connectivity index (χ1v) is 4.39. The van der Waals surface area contributed by atoms with E-state index in [4.69, 9.17) is 0 Å². The molecule has 0 saturated carbocycles. The van der Waals surface area contributed by atoms with Crippen molar-refractivity contribution >= 4 is 10.8 Å². The van der Waals surface area contributed by atoms with Crippen molar-refractivity contribution in [3.05, 3.63) is 56.8 Å². The third kappa shape index (κ3) is 0.752. The zero-order valence-electron chi connectivity index (χ0n) is 7.28. The highest BCUT2D eigenvalue weighted by Crippen LogP contribution is 2.38. The van der Waals surface area contributed by atoms with Gasteiger partial charge in [-0.3, -0.25) is 9.59 Å². The second-order valence-electron chi connectivity index (χ2n) is 3.39. The molecule has 0 unspecified atom stereocenters. The van der Waals surface area contributed by atoms with Gasteiger partial charge in [0.15, 0.2) is 0 Å². The van der Waals surface area contributed by atoms with Crippen molar-refractivity contribution in [1.29, 1.82) is 0 Å². The molecular formula is C12H6O2. The highest BCUT2D eigenvalue weighted by atomic mass is 16.2. The SMILES string of the molecule is O=c1cc2c3ccccc3c-2cc1=O. The van der Waals surface area contributed by atoms with Crippen molar-refractivity contribution in [3.8, 4) is 11.1 Å². The number of rotatable bonds is 0. The smallest absolute Gasteiger partial charge is 0.226 e. The van der Waals surface area contributed by atoms with Gasteiger partial charge in [0.05, 0.1) is 0 Å². The lowest BCUT2D eigenvalue weighted by molar-refractivity contribution is 1.47. The Kier molecular flexibility index (Phi) is 1.22. The van der Waals surface area contributed by atoms with Crippen LogP contribution in [0.2, 0.25) is 0 Å². The molecule has 0 amide bonds. The quantitative estimate of drug-likeness (QED) is 0.494. The molecule has 0 atom stereocenters. The Bertz CT molecular complexity index is 612. The highest BCUT2D eigenvalue weighted by molar-refractivity contribution is 6.14. The first-order valence-electron chi connectivity index (χ1n) is 4.39. The van der Waals surface area contributed by atoms with Crippen molar-refractivity contribution in [3.63, 3.8) is 0 Å². The second kappa shape index (κ2) is 2.29.